The van der Waals surface area contributed by atoms with Crippen LogP contribution < -0.4 is 5.32 Å². The lowest BCUT2D eigenvalue weighted by molar-refractivity contribution is -0.126. The summed E-state index contributed by atoms with van der Waals surface area (Å²) in [4.78, 5) is 15.7. The van der Waals surface area contributed by atoms with Crippen molar-refractivity contribution in [1.29, 1.82) is 0 Å². The van der Waals surface area contributed by atoms with E-state index in [0.29, 0.717) is 5.92 Å². The summed E-state index contributed by atoms with van der Waals surface area (Å²) in [5.41, 5.74) is 0.765. The Morgan fingerprint density at radius 3 is 2.56 bits per heavy atom. The van der Waals surface area contributed by atoms with Crippen molar-refractivity contribution in [3.63, 3.8) is 0 Å². The van der Waals surface area contributed by atoms with Gasteiger partial charge in [-0.3, -0.25) is 9.78 Å². The Kier molecular flexibility index (Phi) is 5.78. The number of nitrogens with zero attached hydrogens (tertiary/aromatic N) is 1. The van der Waals surface area contributed by atoms with Gasteiger partial charge < -0.3 is 10.4 Å². The summed E-state index contributed by atoms with van der Waals surface area (Å²) in [7, 11) is 0. The van der Waals surface area contributed by atoms with Crippen LogP contribution in [0.15, 0.2) is 24.5 Å². The Labute approximate surface area is 108 Å². The number of pyridine rings is 1. The largest absolute Gasteiger partial charge is 0.387 e. The van der Waals surface area contributed by atoms with Crippen LogP contribution in [0, 0.1) is 11.8 Å². The maximum Gasteiger partial charge on any atom is 0.223 e. The first-order chi connectivity index (χ1) is 8.56. The molecule has 100 valence electrons. The number of carbonyl (C=O) groups is 1. The van der Waals surface area contributed by atoms with Gasteiger partial charge >= 0.3 is 0 Å². The number of amides is 1. The lowest BCUT2D eigenvalue weighted by Crippen LogP contribution is -2.35. The van der Waals surface area contributed by atoms with Gasteiger partial charge in [-0.2, -0.15) is 0 Å². The van der Waals surface area contributed by atoms with Gasteiger partial charge in [0.05, 0.1) is 6.10 Å². The molecule has 0 aliphatic rings. The van der Waals surface area contributed by atoms with Gasteiger partial charge in [-0.1, -0.05) is 27.2 Å². The molecule has 0 bridgehead atoms. The number of aliphatic hydroxyl groups excluding tert-OH is 1. The quantitative estimate of drug-likeness (QED) is 0.810. The molecule has 0 fully saturated rings. The van der Waals surface area contributed by atoms with Gasteiger partial charge in [0.1, 0.15) is 0 Å². The first-order valence-electron chi connectivity index (χ1n) is 6.42. The summed E-state index contributed by atoms with van der Waals surface area (Å²) in [6.45, 7) is 6.29. The lowest BCUT2D eigenvalue weighted by atomic mass is 9.93. The lowest BCUT2D eigenvalue weighted by Gasteiger charge is -2.19. The van der Waals surface area contributed by atoms with Crippen molar-refractivity contribution in [3.05, 3.63) is 30.1 Å². The van der Waals surface area contributed by atoms with Crippen molar-refractivity contribution >= 4 is 5.91 Å². The van der Waals surface area contributed by atoms with Crippen LogP contribution in [-0.4, -0.2) is 22.5 Å². The maximum atomic E-state index is 11.8. The highest BCUT2D eigenvalue weighted by Crippen LogP contribution is 2.15. The predicted octanol–water partition coefficient (Wildman–Crippen LogP) is 1.91. The molecule has 0 aliphatic heterocycles. The molecule has 0 spiro atoms. The number of aromatic nitrogens is 1. The zero-order chi connectivity index (χ0) is 13.5. The number of rotatable bonds is 6. The zero-order valence-electron chi connectivity index (χ0n) is 11.3. The third kappa shape index (κ3) is 4.11. The Morgan fingerprint density at radius 2 is 2.00 bits per heavy atom. The van der Waals surface area contributed by atoms with E-state index < -0.39 is 6.10 Å². The van der Waals surface area contributed by atoms with Crippen LogP contribution in [-0.2, 0) is 4.79 Å². The summed E-state index contributed by atoms with van der Waals surface area (Å²) < 4.78 is 0. The summed E-state index contributed by atoms with van der Waals surface area (Å²) in [6.07, 6.45) is 3.55. The summed E-state index contributed by atoms with van der Waals surface area (Å²) >= 11 is 0. The molecule has 1 rings (SSSR count). The average Bonchev–Trinajstić information content (AvgIpc) is 2.43. The van der Waals surface area contributed by atoms with Crippen molar-refractivity contribution in [1.82, 2.24) is 10.3 Å². The number of aliphatic hydroxyl groups is 1. The van der Waals surface area contributed by atoms with E-state index in [4.69, 9.17) is 0 Å². The fourth-order valence-corrected chi connectivity index (χ4v) is 1.67. The minimum atomic E-state index is -0.680. The minimum absolute atomic E-state index is 0.00236. The van der Waals surface area contributed by atoms with Crippen molar-refractivity contribution in [3.8, 4) is 0 Å². The van der Waals surface area contributed by atoms with E-state index in [1.54, 1.807) is 24.5 Å². The second kappa shape index (κ2) is 7.11. The molecule has 4 nitrogen and oxygen atoms in total. The second-order valence-corrected chi connectivity index (χ2v) is 4.72. The molecule has 2 N–H and O–H groups in total. The molecule has 0 radical (unpaired) electrons. The highest BCUT2D eigenvalue weighted by molar-refractivity contribution is 5.78. The van der Waals surface area contributed by atoms with Crippen LogP contribution in [0.4, 0.5) is 0 Å². The van der Waals surface area contributed by atoms with E-state index in [0.717, 1.165) is 12.0 Å². The summed E-state index contributed by atoms with van der Waals surface area (Å²) in [6, 6.07) is 3.49. The molecule has 3 unspecified atom stereocenters. The third-order valence-corrected chi connectivity index (χ3v) is 3.47. The molecule has 0 aliphatic carbocycles. The van der Waals surface area contributed by atoms with E-state index in [9.17, 15) is 9.90 Å². The SMILES string of the molecule is CCC(C)C(C)C(=O)NCC(O)c1ccncc1. The summed E-state index contributed by atoms with van der Waals surface area (Å²) in [5, 5.41) is 12.7. The first-order valence-corrected chi connectivity index (χ1v) is 6.42. The Morgan fingerprint density at radius 1 is 1.39 bits per heavy atom. The minimum Gasteiger partial charge on any atom is -0.387 e. The maximum absolute atomic E-state index is 11.8. The van der Waals surface area contributed by atoms with Gasteiger partial charge in [-0.25, -0.2) is 0 Å². The smallest absolute Gasteiger partial charge is 0.223 e. The molecular formula is C14H22N2O2. The van der Waals surface area contributed by atoms with E-state index in [1.165, 1.54) is 0 Å². The van der Waals surface area contributed by atoms with Crippen molar-refractivity contribution in [2.24, 2.45) is 11.8 Å². The molecule has 1 aromatic heterocycles. The normalized spacial score (nSPS) is 15.8. The second-order valence-electron chi connectivity index (χ2n) is 4.72. The molecule has 4 heteroatoms. The van der Waals surface area contributed by atoms with E-state index in [2.05, 4.69) is 24.1 Å². The molecule has 0 saturated heterocycles. The van der Waals surface area contributed by atoms with Crippen LogP contribution in [0.3, 0.4) is 0 Å². The average molecular weight is 250 g/mol. The molecular weight excluding hydrogens is 228 g/mol. The van der Waals surface area contributed by atoms with Crippen LogP contribution >= 0.6 is 0 Å². The molecule has 1 heterocycles. The number of nitrogens with one attached hydrogen (secondary N) is 1. The zero-order valence-corrected chi connectivity index (χ0v) is 11.3. The van der Waals surface area contributed by atoms with Gasteiger partial charge in [0, 0.05) is 24.9 Å². The molecule has 0 saturated carbocycles. The Balaban J connectivity index is 2.43. The van der Waals surface area contributed by atoms with Gasteiger partial charge in [0.25, 0.3) is 0 Å². The molecule has 3 atom stereocenters. The first kappa shape index (κ1) is 14.6. The molecule has 0 aromatic carbocycles. The van der Waals surface area contributed by atoms with E-state index in [-0.39, 0.29) is 18.4 Å². The van der Waals surface area contributed by atoms with E-state index in [1.807, 2.05) is 6.92 Å². The number of carbonyl (C=O) groups excluding carboxylic acids is 1. The number of hydrogen-bond acceptors (Lipinski definition) is 3. The third-order valence-electron chi connectivity index (χ3n) is 3.47. The van der Waals surface area contributed by atoms with Gasteiger partial charge in [0.15, 0.2) is 0 Å². The standard InChI is InChI=1S/C14H22N2O2/c1-4-10(2)11(3)14(18)16-9-13(17)12-5-7-15-8-6-12/h5-8,10-11,13,17H,4,9H2,1-3H3,(H,16,18). The van der Waals surface area contributed by atoms with Crippen molar-refractivity contribution in [2.75, 3.05) is 6.54 Å². The fourth-order valence-electron chi connectivity index (χ4n) is 1.67. The Hall–Kier alpha value is -1.42. The summed E-state index contributed by atoms with van der Waals surface area (Å²) in [5.74, 6) is 0.320. The highest BCUT2D eigenvalue weighted by atomic mass is 16.3. The fraction of sp³-hybridized carbons (Fsp3) is 0.571. The van der Waals surface area contributed by atoms with Crippen molar-refractivity contribution < 1.29 is 9.90 Å². The molecule has 18 heavy (non-hydrogen) atoms. The van der Waals surface area contributed by atoms with Crippen molar-refractivity contribution in [2.45, 2.75) is 33.3 Å². The molecule has 1 amide bonds. The van der Waals surface area contributed by atoms with Crippen LogP contribution in [0.5, 0.6) is 0 Å². The topological polar surface area (TPSA) is 62.2 Å². The van der Waals surface area contributed by atoms with Gasteiger partial charge in [0.2, 0.25) is 5.91 Å². The monoisotopic (exact) mass is 250 g/mol. The predicted molar refractivity (Wildman–Crippen MR) is 70.8 cm³/mol. The van der Waals surface area contributed by atoms with Crippen LogP contribution in [0.1, 0.15) is 38.9 Å². The van der Waals surface area contributed by atoms with E-state index >= 15 is 0 Å². The van der Waals surface area contributed by atoms with Gasteiger partial charge in [-0.05, 0) is 23.6 Å². The van der Waals surface area contributed by atoms with Gasteiger partial charge in [-0.15, -0.1) is 0 Å². The van der Waals surface area contributed by atoms with Crippen LogP contribution in [0.25, 0.3) is 0 Å². The van der Waals surface area contributed by atoms with Crippen LogP contribution in [0.2, 0.25) is 0 Å². The highest BCUT2D eigenvalue weighted by Gasteiger charge is 2.19. The Bertz CT molecular complexity index is 367. The number of hydrogen-bond donors (Lipinski definition) is 2. The molecule has 1 aromatic rings.